The van der Waals surface area contributed by atoms with E-state index >= 15 is 0 Å². The van der Waals surface area contributed by atoms with Gasteiger partial charge in [0.2, 0.25) is 0 Å². The summed E-state index contributed by atoms with van der Waals surface area (Å²) in [5.41, 5.74) is -1.83. The van der Waals surface area contributed by atoms with Crippen molar-refractivity contribution in [2.45, 2.75) is 24.1 Å². The maximum absolute atomic E-state index is 10.9. The van der Waals surface area contributed by atoms with E-state index in [1.54, 1.807) is 0 Å². The zero-order valence-electron chi connectivity index (χ0n) is 8.48. The second-order valence-corrected chi connectivity index (χ2v) is 9.57. The molecule has 0 bridgehead atoms. The summed E-state index contributed by atoms with van der Waals surface area (Å²) in [6.45, 7) is 0.803. The number of hydrogen-bond donors (Lipinski definition) is 7. The van der Waals surface area contributed by atoms with Crippen LogP contribution in [0.2, 0.25) is 0 Å². The molecule has 0 aliphatic rings. The molecular formula is C4H13O10P3. The molecule has 1 unspecified atom stereocenters. The molecule has 0 spiro atoms. The summed E-state index contributed by atoms with van der Waals surface area (Å²) < 4.78 is 32.5. The minimum Gasteiger partial charge on any atom is -0.368 e. The Labute approximate surface area is 95.8 Å². The molecule has 0 aromatic carbocycles. The molecule has 0 radical (unpaired) electrons. The lowest BCUT2D eigenvalue weighted by atomic mass is 10.3. The standard InChI is InChI=1S/C4H13O10P3/c1-3(15(6,7)8)2-4(5,16(9,10)11)17(12,13)14/h3,5H,2H2,1H3,(H2,6,7,8)(H2,9,10,11)(H2,12,13,14). The maximum Gasteiger partial charge on any atom is 0.369 e. The van der Waals surface area contributed by atoms with Crippen molar-refractivity contribution in [2.75, 3.05) is 0 Å². The van der Waals surface area contributed by atoms with Crippen molar-refractivity contribution in [1.29, 1.82) is 0 Å². The van der Waals surface area contributed by atoms with Crippen molar-refractivity contribution in [3.8, 4) is 0 Å². The van der Waals surface area contributed by atoms with Crippen molar-refractivity contribution in [1.82, 2.24) is 0 Å². The molecule has 0 saturated heterocycles. The van der Waals surface area contributed by atoms with Gasteiger partial charge in [-0.25, -0.2) is 0 Å². The number of aliphatic hydroxyl groups is 1. The van der Waals surface area contributed by atoms with Gasteiger partial charge in [0.05, 0.1) is 5.66 Å². The predicted molar refractivity (Wildman–Crippen MR) is 55.2 cm³/mol. The molecule has 0 amide bonds. The fraction of sp³-hybridized carbons (Fsp3) is 1.00. The molecule has 7 N–H and O–H groups in total. The van der Waals surface area contributed by atoms with Gasteiger partial charge in [0.1, 0.15) is 0 Å². The molecule has 0 fully saturated rings. The summed E-state index contributed by atoms with van der Waals surface area (Å²) >= 11 is 0. The van der Waals surface area contributed by atoms with E-state index in [0.717, 1.165) is 6.92 Å². The van der Waals surface area contributed by atoms with Crippen LogP contribution in [0.25, 0.3) is 0 Å². The third-order valence-electron chi connectivity index (χ3n) is 2.08. The van der Waals surface area contributed by atoms with Crippen LogP contribution in [0.5, 0.6) is 0 Å². The van der Waals surface area contributed by atoms with Gasteiger partial charge in [-0.05, 0) is 0 Å². The molecule has 0 heterocycles. The lowest BCUT2D eigenvalue weighted by molar-refractivity contribution is 0.121. The van der Waals surface area contributed by atoms with Gasteiger partial charge in [0.15, 0.2) is 0 Å². The highest BCUT2D eigenvalue weighted by Crippen LogP contribution is 2.70. The monoisotopic (exact) mass is 314 g/mol. The van der Waals surface area contributed by atoms with Crippen molar-refractivity contribution in [3.63, 3.8) is 0 Å². The molecule has 1 atom stereocenters. The average Bonchev–Trinajstić information content (AvgIpc) is 1.97. The normalized spacial score (nSPS) is 16.9. The van der Waals surface area contributed by atoms with Crippen LogP contribution in [-0.4, -0.2) is 45.2 Å². The van der Waals surface area contributed by atoms with Gasteiger partial charge in [-0.15, -0.1) is 0 Å². The van der Waals surface area contributed by atoms with Crippen LogP contribution < -0.4 is 0 Å². The first kappa shape index (κ1) is 17.4. The number of rotatable bonds is 5. The van der Waals surface area contributed by atoms with Gasteiger partial charge >= 0.3 is 22.8 Å². The van der Waals surface area contributed by atoms with Gasteiger partial charge in [-0.1, -0.05) is 6.92 Å². The first-order valence-corrected chi connectivity index (χ1v) is 8.92. The first-order valence-electron chi connectivity index (χ1n) is 4.02. The summed E-state index contributed by atoms with van der Waals surface area (Å²) in [5.74, 6) is 0. The highest BCUT2D eigenvalue weighted by Gasteiger charge is 2.60. The van der Waals surface area contributed by atoms with E-state index < -0.39 is 40.0 Å². The van der Waals surface area contributed by atoms with Gasteiger partial charge < -0.3 is 34.5 Å². The first-order chi connectivity index (χ1) is 7.13. The topological polar surface area (TPSA) is 193 Å². The van der Waals surface area contributed by atoms with Crippen LogP contribution in [0.15, 0.2) is 0 Å². The maximum atomic E-state index is 10.9. The van der Waals surface area contributed by atoms with E-state index in [-0.39, 0.29) is 0 Å². The largest absolute Gasteiger partial charge is 0.369 e. The van der Waals surface area contributed by atoms with Crippen molar-refractivity contribution in [3.05, 3.63) is 0 Å². The van der Waals surface area contributed by atoms with E-state index in [9.17, 15) is 18.8 Å². The molecule has 0 aromatic rings. The Morgan fingerprint density at radius 2 is 1.24 bits per heavy atom. The van der Waals surface area contributed by atoms with E-state index in [1.807, 2.05) is 0 Å². The summed E-state index contributed by atoms with van der Waals surface area (Å²) in [6, 6.07) is 0. The van der Waals surface area contributed by atoms with Crippen LogP contribution in [0.3, 0.4) is 0 Å². The summed E-state index contributed by atoms with van der Waals surface area (Å²) in [6.07, 6.45) is -1.44. The van der Waals surface area contributed by atoms with Crippen molar-refractivity contribution in [2.24, 2.45) is 0 Å². The molecule has 0 aromatic heterocycles. The SMILES string of the molecule is CC(CC(O)(P(=O)(O)O)P(=O)(O)O)P(=O)(O)O. The fourth-order valence-electron chi connectivity index (χ4n) is 0.923. The molecule has 17 heavy (non-hydrogen) atoms. The molecular weight excluding hydrogens is 301 g/mol. The van der Waals surface area contributed by atoms with Gasteiger partial charge in [0.25, 0.3) is 5.08 Å². The van der Waals surface area contributed by atoms with Crippen LogP contribution in [0, 0.1) is 0 Å². The van der Waals surface area contributed by atoms with Gasteiger partial charge in [0, 0.05) is 6.42 Å². The molecule has 0 aliphatic carbocycles. The second kappa shape index (κ2) is 4.83. The Morgan fingerprint density at radius 3 is 1.41 bits per heavy atom. The highest BCUT2D eigenvalue weighted by molar-refractivity contribution is 7.72. The molecule has 13 heteroatoms. The Hall–Kier alpha value is 0.410. The third kappa shape index (κ3) is 3.94. The Balaban J connectivity index is 5.51. The van der Waals surface area contributed by atoms with Crippen molar-refractivity contribution >= 4 is 22.8 Å². The highest BCUT2D eigenvalue weighted by atomic mass is 31.2. The third-order valence-corrected chi connectivity index (χ3v) is 7.20. The summed E-state index contributed by atoms with van der Waals surface area (Å²) in [5, 5.41) is 5.54. The predicted octanol–water partition coefficient (Wildman–Crippen LogP) is -1.06. The zero-order valence-corrected chi connectivity index (χ0v) is 11.2. The minimum atomic E-state index is -5.68. The zero-order chi connectivity index (χ0) is 14.3. The van der Waals surface area contributed by atoms with Crippen molar-refractivity contribution < 1.29 is 48.2 Å². The molecule has 0 rings (SSSR count). The fourth-order valence-corrected chi connectivity index (χ4v) is 4.09. The summed E-state index contributed by atoms with van der Waals surface area (Å²) in [7, 11) is -16.2. The van der Waals surface area contributed by atoms with E-state index in [4.69, 9.17) is 29.4 Å². The van der Waals surface area contributed by atoms with Crippen LogP contribution >= 0.6 is 22.8 Å². The molecule has 104 valence electrons. The Kier molecular flexibility index (Phi) is 4.94. The van der Waals surface area contributed by atoms with Crippen LogP contribution in [0.1, 0.15) is 13.3 Å². The molecule has 0 saturated carbocycles. The van der Waals surface area contributed by atoms with Crippen LogP contribution in [0.4, 0.5) is 0 Å². The lowest BCUT2D eigenvalue weighted by Crippen LogP contribution is -2.32. The van der Waals surface area contributed by atoms with Gasteiger partial charge in [-0.3, -0.25) is 13.7 Å². The van der Waals surface area contributed by atoms with E-state index in [1.165, 1.54) is 0 Å². The van der Waals surface area contributed by atoms with E-state index in [2.05, 4.69) is 0 Å². The Bertz CT molecular complexity index is 389. The smallest absolute Gasteiger partial charge is 0.368 e. The molecule has 10 nitrogen and oxygen atoms in total. The van der Waals surface area contributed by atoms with Gasteiger partial charge in [-0.2, -0.15) is 0 Å². The summed E-state index contributed by atoms with van der Waals surface area (Å²) in [4.78, 5) is 52.2. The van der Waals surface area contributed by atoms with E-state index in [0.29, 0.717) is 0 Å². The quantitative estimate of drug-likeness (QED) is 0.307. The average molecular weight is 314 g/mol. The minimum absolute atomic E-state index is 0.803. The molecule has 0 aliphatic heterocycles. The Morgan fingerprint density at radius 1 is 0.941 bits per heavy atom. The lowest BCUT2D eigenvalue weighted by Gasteiger charge is -2.31. The number of hydrogen-bond acceptors (Lipinski definition) is 4. The van der Waals surface area contributed by atoms with Crippen LogP contribution in [-0.2, 0) is 13.7 Å². The second-order valence-electron chi connectivity index (χ2n) is 3.50.